The lowest BCUT2D eigenvalue weighted by Crippen LogP contribution is -2.30. The van der Waals surface area contributed by atoms with Crippen molar-refractivity contribution in [3.05, 3.63) is 12.2 Å². The van der Waals surface area contributed by atoms with Gasteiger partial charge < -0.3 is 0 Å². The number of unbranched alkanes of at least 4 members (excludes halogenated alkanes) is 2. The van der Waals surface area contributed by atoms with Crippen LogP contribution in [-0.2, 0) is 14.4 Å². The Morgan fingerprint density at radius 3 is 2.27 bits per heavy atom. The Labute approximate surface area is 92.9 Å². The summed E-state index contributed by atoms with van der Waals surface area (Å²) in [5.74, 6) is -0.512. The molecule has 0 saturated heterocycles. The highest BCUT2D eigenvalue weighted by atomic mass is 35.5. The van der Waals surface area contributed by atoms with Crippen molar-refractivity contribution in [1.29, 1.82) is 0 Å². The monoisotopic (exact) mass is 229 g/mol. The van der Waals surface area contributed by atoms with Crippen LogP contribution >= 0.6 is 11.6 Å². The van der Waals surface area contributed by atoms with Crippen molar-refractivity contribution >= 4 is 28.7 Å². The van der Waals surface area contributed by atoms with Crippen LogP contribution in [0.15, 0.2) is 12.2 Å². The molecule has 1 rings (SSSR count). The van der Waals surface area contributed by atoms with Gasteiger partial charge in [0.2, 0.25) is 5.24 Å². The van der Waals surface area contributed by atoms with Gasteiger partial charge in [-0.15, -0.1) is 0 Å². The summed E-state index contributed by atoms with van der Waals surface area (Å²) in [5, 5.41) is -0.343. The van der Waals surface area contributed by atoms with Gasteiger partial charge in [0.1, 0.15) is 0 Å². The first-order valence-electron chi connectivity index (χ1n) is 4.83. The van der Waals surface area contributed by atoms with E-state index in [1.54, 1.807) is 0 Å². The average molecular weight is 230 g/mol. The molecule has 1 aliphatic heterocycles. The fourth-order valence-corrected chi connectivity index (χ4v) is 1.50. The molecule has 0 saturated carbocycles. The summed E-state index contributed by atoms with van der Waals surface area (Å²) in [4.78, 5) is 33.8. The van der Waals surface area contributed by atoms with Crippen LogP contribution in [0, 0.1) is 0 Å². The van der Waals surface area contributed by atoms with Crippen LogP contribution in [0.5, 0.6) is 0 Å². The van der Waals surface area contributed by atoms with E-state index in [4.69, 9.17) is 11.6 Å². The molecular formula is C10H12ClNO3. The fourth-order valence-electron chi connectivity index (χ4n) is 1.36. The molecule has 0 atom stereocenters. The van der Waals surface area contributed by atoms with E-state index in [1.807, 2.05) is 0 Å². The van der Waals surface area contributed by atoms with Gasteiger partial charge in [-0.25, -0.2) is 0 Å². The highest BCUT2D eigenvalue weighted by Crippen LogP contribution is 2.08. The van der Waals surface area contributed by atoms with Crippen molar-refractivity contribution in [2.24, 2.45) is 0 Å². The molecule has 0 aromatic heterocycles. The SMILES string of the molecule is O=C(Cl)CCCCCN1C(=O)C=CC1=O. The largest absolute Gasteiger partial charge is 0.281 e. The minimum atomic E-state index is -0.343. The van der Waals surface area contributed by atoms with Gasteiger partial charge in [-0.05, 0) is 24.4 Å². The summed E-state index contributed by atoms with van der Waals surface area (Å²) >= 11 is 5.16. The third-order valence-corrected chi connectivity index (χ3v) is 2.34. The fraction of sp³-hybridized carbons (Fsp3) is 0.500. The van der Waals surface area contributed by atoms with Crippen LogP contribution < -0.4 is 0 Å². The average Bonchev–Trinajstić information content (AvgIpc) is 2.47. The Kier molecular flexibility index (Phi) is 4.49. The Hall–Kier alpha value is -1.16. The van der Waals surface area contributed by atoms with Gasteiger partial charge in [-0.2, -0.15) is 0 Å². The Morgan fingerprint density at radius 2 is 1.73 bits per heavy atom. The van der Waals surface area contributed by atoms with Crippen LogP contribution in [-0.4, -0.2) is 28.5 Å². The Morgan fingerprint density at radius 1 is 1.13 bits per heavy atom. The zero-order chi connectivity index (χ0) is 11.3. The topological polar surface area (TPSA) is 54.5 Å². The lowest BCUT2D eigenvalue weighted by molar-refractivity contribution is -0.136. The molecule has 0 aromatic rings. The number of imide groups is 1. The number of nitrogens with zero attached hydrogens (tertiary/aromatic N) is 1. The highest BCUT2D eigenvalue weighted by molar-refractivity contribution is 6.63. The molecule has 4 nitrogen and oxygen atoms in total. The molecule has 2 amide bonds. The molecule has 0 N–H and O–H groups in total. The number of carbonyl (C=O) groups excluding carboxylic acids is 3. The quantitative estimate of drug-likeness (QED) is 0.391. The molecule has 0 spiro atoms. The Bertz CT molecular complexity index is 294. The van der Waals surface area contributed by atoms with Crippen LogP contribution in [0.4, 0.5) is 0 Å². The predicted octanol–water partition coefficient (Wildman–Crippen LogP) is 1.24. The third-order valence-electron chi connectivity index (χ3n) is 2.16. The normalized spacial score (nSPS) is 15.1. The summed E-state index contributed by atoms with van der Waals surface area (Å²) in [5.41, 5.74) is 0. The zero-order valence-electron chi connectivity index (χ0n) is 8.24. The second-order valence-corrected chi connectivity index (χ2v) is 3.75. The second kappa shape index (κ2) is 5.66. The molecule has 0 unspecified atom stereocenters. The van der Waals surface area contributed by atoms with Crippen molar-refractivity contribution in [2.75, 3.05) is 6.54 Å². The third kappa shape index (κ3) is 3.83. The van der Waals surface area contributed by atoms with Gasteiger partial charge in [-0.3, -0.25) is 19.3 Å². The number of hydrogen-bond donors (Lipinski definition) is 0. The lowest BCUT2D eigenvalue weighted by Gasteiger charge is -2.12. The van der Waals surface area contributed by atoms with Crippen LogP contribution in [0.2, 0.25) is 0 Å². The number of hydrogen-bond acceptors (Lipinski definition) is 3. The molecule has 1 aliphatic rings. The van der Waals surface area contributed by atoms with E-state index in [2.05, 4.69) is 0 Å². The van der Waals surface area contributed by atoms with Gasteiger partial charge in [0.15, 0.2) is 0 Å². The van der Waals surface area contributed by atoms with Crippen LogP contribution in [0.3, 0.4) is 0 Å². The molecule has 5 heteroatoms. The Balaban J connectivity index is 2.13. The number of amides is 2. The maximum absolute atomic E-state index is 11.1. The second-order valence-electron chi connectivity index (χ2n) is 3.33. The van der Waals surface area contributed by atoms with E-state index in [1.165, 1.54) is 17.1 Å². The maximum atomic E-state index is 11.1. The first-order chi connectivity index (χ1) is 7.11. The highest BCUT2D eigenvalue weighted by Gasteiger charge is 2.21. The van der Waals surface area contributed by atoms with Gasteiger partial charge in [-0.1, -0.05) is 6.42 Å². The van der Waals surface area contributed by atoms with E-state index < -0.39 is 0 Å². The van der Waals surface area contributed by atoms with Crippen LogP contribution in [0.1, 0.15) is 25.7 Å². The van der Waals surface area contributed by atoms with Crippen molar-refractivity contribution in [3.8, 4) is 0 Å². The summed E-state index contributed by atoms with van der Waals surface area (Å²) in [6.07, 6.45) is 5.09. The standard InChI is InChI=1S/C10H12ClNO3/c11-8(13)4-2-1-3-7-12-9(14)5-6-10(12)15/h5-6H,1-4,7H2. The van der Waals surface area contributed by atoms with Gasteiger partial charge >= 0.3 is 0 Å². The molecule has 82 valence electrons. The van der Waals surface area contributed by atoms with Gasteiger partial charge in [0.05, 0.1) is 0 Å². The summed E-state index contributed by atoms with van der Waals surface area (Å²) in [6, 6.07) is 0. The molecule has 0 radical (unpaired) electrons. The molecule has 0 aliphatic carbocycles. The van der Waals surface area contributed by atoms with E-state index >= 15 is 0 Å². The van der Waals surface area contributed by atoms with E-state index in [0.29, 0.717) is 25.8 Å². The number of halogens is 1. The summed E-state index contributed by atoms with van der Waals surface area (Å²) in [6.45, 7) is 0.418. The van der Waals surface area contributed by atoms with E-state index in [-0.39, 0.29) is 17.1 Å². The predicted molar refractivity (Wildman–Crippen MR) is 55.2 cm³/mol. The minimum absolute atomic E-state index is 0.256. The molecule has 15 heavy (non-hydrogen) atoms. The number of carbonyl (C=O) groups is 3. The van der Waals surface area contributed by atoms with Crippen molar-refractivity contribution < 1.29 is 14.4 Å². The molecule has 0 bridgehead atoms. The number of rotatable bonds is 6. The first kappa shape index (κ1) is 11.9. The molecular weight excluding hydrogens is 218 g/mol. The van der Waals surface area contributed by atoms with Gasteiger partial charge in [0.25, 0.3) is 11.8 Å². The van der Waals surface area contributed by atoms with Crippen molar-refractivity contribution in [2.45, 2.75) is 25.7 Å². The van der Waals surface area contributed by atoms with Crippen molar-refractivity contribution in [3.63, 3.8) is 0 Å². The zero-order valence-corrected chi connectivity index (χ0v) is 9.00. The molecule has 0 fully saturated rings. The van der Waals surface area contributed by atoms with E-state index in [9.17, 15) is 14.4 Å². The summed E-state index contributed by atoms with van der Waals surface area (Å²) in [7, 11) is 0. The first-order valence-corrected chi connectivity index (χ1v) is 5.21. The molecule has 0 aromatic carbocycles. The van der Waals surface area contributed by atoms with Gasteiger partial charge in [0, 0.05) is 25.1 Å². The molecule has 1 heterocycles. The maximum Gasteiger partial charge on any atom is 0.253 e. The smallest absolute Gasteiger partial charge is 0.253 e. The van der Waals surface area contributed by atoms with Crippen LogP contribution in [0.25, 0.3) is 0 Å². The minimum Gasteiger partial charge on any atom is -0.281 e. The van der Waals surface area contributed by atoms with E-state index in [0.717, 1.165) is 6.42 Å². The van der Waals surface area contributed by atoms with Crippen molar-refractivity contribution in [1.82, 2.24) is 4.90 Å². The lowest BCUT2D eigenvalue weighted by atomic mass is 10.2. The summed E-state index contributed by atoms with van der Waals surface area (Å²) < 4.78 is 0.